The van der Waals surface area contributed by atoms with E-state index in [0.717, 1.165) is 21.0 Å². The Morgan fingerprint density at radius 1 is 1.22 bits per heavy atom. The molecule has 0 aliphatic carbocycles. The van der Waals surface area contributed by atoms with Gasteiger partial charge in [0.15, 0.2) is 4.34 Å². The van der Waals surface area contributed by atoms with Gasteiger partial charge >= 0.3 is 0 Å². The van der Waals surface area contributed by atoms with Crippen molar-refractivity contribution in [2.24, 2.45) is 0 Å². The topological polar surface area (TPSA) is 25.8 Å². The molecule has 18 heavy (non-hydrogen) atoms. The Balaban J connectivity index is 1.93. The average Bonchev–Trinajstić information content (AvgIpc) is 2.84. The molecule has 0 bridgehead atoms. The lowest BCUT2D eigenvalue weighted by molar-refractivity contribution is 0.418. The van der Waals surface area contributed by atoms with Gasteiger partial charge in [-0.3, -0.25) is 0 Å². The number of aromatic nitrogens is 2. The van der Waals surface area contributed by atoms with E-state index in [2.05, 4.69) is 10.2 Å². The molecule has 0 saturated heterocycles. The Labute approximate surface area is 112 Å². The number of nitrogens with zero attached hydrogens (tertiary/aromatic N) is 2. The second-order valence-corrected chi connectivity index (χ2v) is 5.69. The Bertz CT molecular complexity index is 522. The molecule has 2 nitrogen and oxygen atoms in total. The molecule has 1 aromatic heterocycles. The standard InChI is InChI=1S/C12H10F2N2S2/c13-10(14)7-4-8-17-12-16-15-11(18-12)9-5-2-1-3-6-9/h1-3,5-7H,4,8H2. The minimum atomic E-state index is -1.63. The van der Waals surface area contributed by atoms with Gasteiger partial charge in [-0.1, -0.05) is 53.4 Å². The molecular weight excluding hydrogens is 274 g/mol. The van der Waals surface area contributed by atoms with Gasteiger partial charge in [0, 0.05) is 11.3 Å². The van der Waals surface area contributed by atoms with Crippen LogP contribution in [0.1, 0.15) is 6.42 Å². The summed E-state index contributed by atoms with van der Waals surface area (Å²) >= 11 is 2.92. The van der Waals surface area contributed by atoms with Gasteiger partial charge in [-0.2, -0.15) is 8.78 Å². The van der Waals surface area contributed by atoms with Gasteiger partial charge in [0.05, 0.1) is 0 Å². The van der Waals surface area contributed by atoms with Crippen molar-refractivity contribution in [2.75, 3.05) is 5.75 Å². The summed E-state index contributed by atoms with van der Waals surface area (Å²) in [4.78, 5) is 0. The number of hydrogen-bond acceptors (Lipinski definition) is 4. The first-order chi connectivity index (χ1) is 8.75. The van der Waals surface area contributed by atoms with Crippen LogP contribution in [0.5, 0.6) is 0 Å². The maximum absolute atomic E-state index is 11.8. The molecule has 0 spiro atoms. The molecule has 0 amide bonds. The van der Waals surface area contributed by atoms with E-state index in [0.29, 0.717) is 12.2 Å². The largest absolute Gasteiger partial charge is 0.266 e. The molecule has 0 fully saturated rings. The first-order valence-electron chi connectivity index (χ1n) is 5.28. The predicted molar refractivity (Wildman–Crippen MR) is 71.0 cm³/mol. The monoisotopic (exact) mass is 284 g/mol. The van der Waals surface area contributed by atoms with Crippen molar-refractivity contribution in [1.82, 2.24) is 10.2 Å². The van der Waals surface area contributed by atoms with E-state index in [1.165, 1.54) is 23.1 Å². The van der Waals surface area contributed by atoms with E-state index >= 15 is 0 Å². The van der Waals surface area contributed by atoms with Crippen molar-refractivity contribution in [1.29, 1.82) is 0 Å². The highest BCUT2D eigenvalue weighted by molar-refractivity contribution is 8.01. The minimum absolute atomic E-state index is 0.341. The normalized spacial score (nSPS) is 10.3. The molecule has 0 unspecified atom stereocenters. The van der Waals surface area contributed by atoms with Crippen molar-refractivity contribution in [2.45, 2.75) is 10.8 Å². The Kier molecular flexibility index (Phi) is 4.83. The van der Waals surface area contributed by atoms with Crippen LogP contribution in [0.3, 0.4) is 0 Å². The van der Waals surface area contributed by atoms with Crippen molar-refractivity contribution < 1.29 is 8.78 Å². The van der Waals surface area contributed by atoms with Crippen LogP contribution in [-0.4, -0.2) is 16.0 Å². The zero-order valence-electron chi connectivity index (χ0n) is 9.35. The number of thioether (sulfide) groups is 1. The fraction of sp³-hybridized carbons (Fsp3) is 0.167. The minimum Gasteiger partial charge on any atom is -0.174 e. The fourth-order valence-corrected chi connectivity index (χ4v) is 3.09. The quantitative estimate of drug-likeness (QED) is 0.598. The molecule has 6 heteroatoms. The first kappa shape index (κ1) is 13.2. The van der Waals surface area contributed by atoms with Crippen LogP contribution in [0.15, 0.2) is 46.8 Å². The van der Waals surface area contributed by atoms with Gasteiger partial charge in [-0.15, -0.1) is 10.2 Å². The van der Waals surface area contributed by atoms with Crippen LogP contribution in [0.4, 0.5) is 8.78 Å². The maximum Gasteiger partial charge on any atom is 0.266 e. The Hall–Kier alpha value is -1.27. The Morgan fingerprint density at radius 2 is 2.00 bits per heavy atom. The molecule has 0 saturated carbocycles. The third kappa shape index (κ3) is 3.89. The maximum atomic E-state index is 11.8. The van der Waals surface area contributed by atoms with Crippen LogP contribution in [0, 0.1) is 0 Å². The highest BCUT2D eigenvalue weighted by Crippen LogP contribution is 2.29. The van der Waals surface area contributed by atoms with Crippen LogP contribution in [-0.2, 0) is 0 Å². The SMILES string of the molecule is FC(F)=CCCSc1nnc(-c2ccccc2)s1. The van der Waals surface area contributed by atoms with Crippen LogP contribution < -0.4 is 0 Å². The number of allylic oxidation sites excluding steroid dienone is 1. The molecule has 1 heterocycles. The summed E-state index contributed by atoms with van der Waals surface area (Å²) in [5.41, 5.74) is 1.02. The summed E-state index contributed by atoms with van der Waals surface area (Å²) in [5, 5.41) is 8.97. The second kappa shape index (κ2) is 6.61. The predicted octanol–water partition coefficient (Wildman–Crippen LogP) is 4.47. The molecule has 1 aromatic carbocycles. The van der Waals surface area contributed by atoms with E-state index in [-0.39, 0.29) is 0 Å². The number of halogens is 2. The average molecular weight is 284 g/mol. The van der Waals surface area contributed by atoms with Crippen molar-refractivity contribution in [3.63, 3.8) is 0 Å². The summed E-state index contributed by atoms with van der Waals surface area (Å²) in [7, 11) is 0. The van der Waals surface area contributed by atoms with Crippen molar-refractivity contribution in [3.05, 3.63) is 42.5 Å². The highest BCUT2D eigenvalue weighted by atomic mass is 32.2. The van der Waals surface area contributed by atoms with Gasteiger partial charge in [0.2, 0.25) is 0 Å². The molecule has 0 atom stereocenters. The van der Waals surface area contributed by atoms with Gasteiger partial charge in [-0.25, -0.2) is 0 Å². The molecule has 2 aromatic rings. The van der Waals surface area contributed by atoms with Crippen LogP contribution in [0.2, 0.25) is 0 Å². The van der Waals surface area contributed by atoms with Crippen molar-refractivity contribution in [3.8, 4) is 10.6 Å². The summed E-state index contributed by atoms with van der Waals surface area (Å²) < 4.78 is 24.4. The molecular formula is C12H10F2N2S2. The van der Waals surface area contributed by atoms with Crippen LogP contribution in [0.25, 0.3) is 10.6 Å². The molecule has 0 aliphatic rings. The summed E-state index contributed by atoms with van der Waals surface area (Å²) in [6, 6.07) is 9.77. The third-order valence-electron chi connectivity index (χ3n) is 2.07. The van der Waals surface area contributed by atoms with Gasteiger partial charge < -0.3 is 0 Å². The molecule has 0 N–H and O–H groups in total. The lowest BCUT2D eigenvalue weighted by Crippen LogP contribution is -1.77. The van der Waals surface area contributed by atoms with E-state index in [1.54, 1.807) is 0 Å². The van der Waals surface area contributed by atoms with E-state index < -0.39 is 6.08 Å². The van der Waals surface area contributed by atoms with E-state index in [1.807, 2.05) is 30.3 Å². The molecule has 0 aliphatic heterocycles. The molecule has 94 valence electrons. The first-order valence-corrected chi connectivity index (χ1v) is 7.09. The Morgan fingerprint density at radius 3 is 2.72 bits per heavy atom. The zero-order valence-corrected chi connectivity index (χ0v) is 11.0. The van der Waals surface area contributed by atoms with E-state index in [4.69, 9.17) is 0 Å². The third-order valence-corrected chi connectivity index (χ3v) is 4.21. The summed E-state index contributed by atoms with van der Waals surface area (Å²) in [6.07, 6.45) is -0.364. The fourth-order valence-electron chi connectivity index (χ4n) is 1.28. The number of hydrogen-bond donors (Lipinski definition) is 0. The molecule has 0 radical (unpaired) electrons. The highest BCUT2D eigenvalue weighted by Gasteiger charge is 2.06. The van der Waals surface area contributed by atoms with Crippen molar-refractivity contribution >= 4 is 23.1 Å². The zero-order chi connectivity index (χ0) is 12.8. The van der Waals surface area contributed by atoms with Gasteiger partial charge in [-0.05, 0) is 12.5 Å². The van der Waals surface area contributed by atoms with Gasteiger partial charge in [0.1, 0.15) is 5.01 Å². The summed E-state index contributed by atoms with van der Waals surface area (Å²) in [6.45, 7) is 0. The van der Waals surface area contributed by atoms with E-state index in [9.17, 15) is 8.78 Å². The second-order valence-electron chi connectivity index (χ2n) is 3.37. The smallest absolute Gasteiger partial charge is 0.174 e. The lowest BCUT2D eigenvalue weighted by Gasteiger charge is -1.92. The number of benzene rings is 1. The number of rotatable bonds is 5. The van der Waals surface area contributed by atoms with Crippen LogP contribution >= 0.6 is 23.1 Å². The lowest BCUT2D eigenvalue weighted by atomic mass is 10.2. The summed E-state index contributed by atoms with van der Waals surface area (Å²) in [5.74, 6) is 0.584. The molecule has 2 rings (SSSR count). The van der Waals surface area contributed by atoms with Gasteiger partial charge in [0.25, 0.3) is 6.08 Å².